The third-order valence-electron chi connectivity index (χ3n) is 4.52. The van der Waals surface area contributed by atoms with Crippen LogP contribution in [0, 0.1) is 11.8 Å². The lowest BCUT2D eigenvalue weighted by Gasteiger charge is -2.29. The average molecular weight is 274 g/mol. The molecule has 1 aromatic rings. The Morgan fingerprint density at radius 1 is 1.45 bits per heavy atom. The molecule has 0 saturated carbocycles. The lowest BCUT2D eigenvalue weighted by Crippen LogP contribution is -2.42. The van der Waals surface area contributed by atoms with Crippen molar-refractivity contribution in [3.8, 4) is 5.75 Å². The summed E-state index contributed by atoms with van der Waals surface area (Å²) in [6.07, 6.45) is 1.14. The molecular formula is C16H22N2O2. The Balaban J connectivity index is 1.58. The zero-order valence-corrected chi connectivity index (χ0v) is 11.9. The van der Waals surface area contributed by atoms with Crippen molar-refractivity contribution < 1.29 is 9.53 Å². The number of carbonyl (C=O) groups excluding carboxylic acids is 1. The maximum absolute atomic E-state index is 12.4. The maximum Gasteiger partial charge on any atom is 0.231 e. The molecule has 2 heterocycles. The molecule has 2 aliphatic rings. The van der Waals surface area contributed by atoms with Gasteiger partial charge in [0.2, 0.25) is 5.91 Å². The molecule has 1 amide bonds. The third-order valence-corrected chi connectivity index (χ3v) is 4.52. The molecule has 3 atom stereocenters. The van der Waals surface area contributed by atoms with Crippen LogP contribution < -0.4 is 15.4 Å². The van der Waals surface area contributed by atoms with Crippen LogP contribution in [0.1, 0.15) is 24.8 Å². The van der Waals surface area contributed by atoms with Crippen LogP contribution in [0.2, 0.25) is 0 Å². The predicted octanol–water partition coefficient (Wildman–Crippen LogP) is 1.52. The second kappa shape index (κ2) is 5.83. The number of amides is 1. The van der Waals surface area contributed by atoms with Crippen LogP contribution in [0.5, 0.6) is 5.75 Å². The first-order valence-electron chi connectivity index (χ1n) is 7.46. The molecule has 2 aliphatic heterocycles. The molecule has 1 aromatic carbocycles. The first-order chi connectivity index (χ1) is 9.75. The number of nitrogens with one attached hydrogen (secondary N) is 2. The van der Waals surface area contributed by atoms with Gasteiger partial charge >= 0.3 is 0 Å². The van der Waals surface area contributed by atoms with E-state index in [-0.39, 0.29) is 11.8 Å². The van der Waals surface area contributed by atoms with E-state index in [9.17, 15) is 4.79 Å². The fourth-order valence-corrected chi connectivity index (χ4v) is 3.11. The monoisotopic (exact) mass is 274 g/mol. The third kappa shape index (κ3) is 2.66. The van der Waals surface area contributed by atoms with Crippen molar-refractivity contribution >= 4 is 5.91 Å². The van der Waals surface area contributed by atoms with Crippen molar-refractivity contribution in [2.24, 2.45) is 11.8 Å². The van der Waals surface area contributed by atoms with Crippen molar-refractivity contribution in [2.45, 2.75) is 19.3 Å². The largest absolute Gasteiger partial charge is 0.492 e. The lowest BCUT2D eigenvalue weighted by molar-refractivity contribution is -0.123. The Morgan fingerprint density at radius 2 is 2.30 bits per heavy atom. The first-order valence-corrected chi connectivity index (χ1v) is 7.46. The summed E-state index contributed by atoms with van der Waals surface area (Å²) in [6, 6.07) is 7.82. The molecule has 0 radical (unpaired) electrons. The Bertz CT molecular complexity index is 489. The summed E-state index contributed by atoms with van der Waals surface area (Å²) >= 11 is 0. The quantitative estimate of drug-likeness (QED) is 0.879. The fourth-order valence-electron chi connectivity index (χ4n) is 3.11. The molecule has 1 fully saturated rings. The number of piperidine rings is 1. The topological polar surface area (TPSA) is 50.4 Å². The minimum Gasteiger partial charge on any atom is -0.492 e. The van der Waals surface area contributed by atoms with E-state index < -0.39 is 0 Å². The average Bonchev–Trinajstić information content (AvgIpc) is 2.90. The second-order valence-corrected chi connectivity index (χ2v) is 5.88. The number of rotatable bonds is 3. The molecule has 3 rings (SSSR count). The molecule has 4 heteroatoms. The van der Waals surface area contributed by atoms with Gasteiger partial charge in [0.15, 0.2) is 0 Å². The van der Waals surface area contributed by atoms with Crippen molar-refractivity contribution in [2.75, 3.05) is 26.2 Å². The van der Waals surface area contributed by atoms with Gasteiger partial charge in [0, 0.05) is 12.1 Å². The van der Waals surface area contributed by atoms with Crippen LogP contribution in [0.4, 0.5) is 0 Å². The van der Waals surface area contributed by atoms with Crippen LogP contribution in [0.15, 0.2) is 24.3 Å². The molecule has 0 bridgehead atoms. The molecule has 20 heavy (non-hydrogen) atoms. The first kappa shape index (κ1) is 13.4. The van der Waals surface area contributed by atoms with Gasteiger partial charge in [0.25, 0.3) is 0 Å². The van der Waals surface area contributed by atoms with E-state index in [0.717, 1.165) is 37.4 Å². The molecule has 1 saturated heterocycles. The van der Waals surface area contributed by atoms with Crippen LogP contribution in [-0.2, 0) is 4.79 Å². The van der Waals surface area contributed by atoms with E-state index in [1.54, 1.807) is 0 Å². The van der Waals surface area contributed by atoms with Crippen molar-refractivity contribution in [3.05, 3.63) is 29.8 Å². The summed E-state index contributed by atoms with van der Waals surface area (Å²) in [4.78, 5) is 12.4. The Kier molecular flexibility index (Phi) is 3.92. The van der Waals surface area contributed by atoms with Crippen LogP contribution >= 0.6 is 0 Å². The summed E-state index contributed by atoms with van der Waals surface area (Å²) < 4.78 is 5.57. The molecule has 108 valence electrons. The van der Waals surface area contributed by atoms with Crippen molar-refractivity contribution in [1.29, 1.82) is 0 Å². The standard InChI is InChI=1S/C16H22N2O2/c1-11-8-17-7-6-12(11)9-18-16(19)14-10-20-15-5-3-2-4-13(14)15/h2-5,11-12,14,17H,6-10H2,1H3,(H,18,19). The lowest BCUT2D eigenvalue weighted by atomic mass is 9.87. The van der Waals surface area contributed by atoms with Gasteiger partial charge in [0.1, 0.15) is 18.3 Å². The van der Waals surface area contributed by atoms with E-state index in [1.165, 1.54) is 0 Å². The highest BCUT2D eigenvalue weighted by molar-refractivity contribution is 5.85. The number of carbonyl (C=O) groups is 1. The molecule has 2 N–H and O–H groups in total. The van der Waals surface area contributed by atoms with Crippen molar-refractivity contribution in [1.82, 2.24) is 10.6 Å². The van der Waals surface area contributed by atoms with E-state index >= 15 is 0 Å². The summed E-state index contributed by atoms with van der Waals surface area (Å²) in [5, 5.41) is 6.51. The maximum atomic E-state index is 12.4. The fraction of sp³-hybridized carbons (Fsp3) is 0.562. The molecular weight excluding hydrogens is 252 g/mol. The SMILES string of the molecule is CC1CNCCC1CNC(=O)C1COc2ccccc21. The zero-order valence-electron chi connectivity index (χ0n) is 11.9. The number of fused-ring (bicyclic) bond motifs is 1. The Hall–Kier alpha value is -1.55. The molecule has 0 aliphatic carbocycles. The van der Waals surface area contributed by atoms with Gasteiger partial charge in [-0.1, -0.05) is 25.1 Å². The highest BCUT2D eigenvalue weighted by Crippen LogP contribution is 2.33. The zero-order chi connectivity index (χ0) is 13.9. The normalized spacial score (nSPS) is 28.6. The highest BCUT2D eigenvalue weighted by Gasteiger charge is 2.30. The summed E-state index contributed by atoms with van der Waals surface area (Å²) in [5.74, 6) is 2.00. The summed E-state index contributed by atoms with van der Waals surface area (Å²) in [5.41, 5.74) is 1.02. The molecule has 0 spiro atoms. The Labute approximate surface area is 119 Å². The number of para-hydroxylation sites is 1. The minimum atomic E-state index is -0.150. The minimum absolute atomic E-state index is 0.0979. The van der Waals surface area contributed by atoms with Gasteiger partial charge in [-0.2, -0.15) is 0 Å². The van der Waals surface area contributed by atoms with Crippen molar-refractivity contribution in [3.63, 3.8) is 0 Å². The predicted molar refractivity (Wildman–Crippen MR) is 77.8 cm³/mol. The van der Waals surface area contributed by atoms with Crippen LogP contribution in [0.3, 0.4) is 0 Å². The van der Waals surface area contributed by atoms with Gasteiger partial charge in [-0.15, -0.1) is 0 Å². The smallest absolute Gasteiger partial charge is 0.231 e. The van der Waals surface area contributed by atoms with Gasteiger partial charge in [-0.05, 0) is 37.4 Å². The van der Waals surface area contributed by atoms with Crippen LogP contribution in [0.25, 0.3) is 0 Å². The van der Waals surface area contributed by atoms with E-state index in [2.05, 4.69) is 17.6 Å². The molecule has 3 unspecified atom stereocenters. The Morgan fingerprint density at radius 3 is 3.15 bits per heavy atom. The summed E-state index contributed by atoms with van der Waals surface area (Å²) in [6.45, 7) is 5.60. The van der Waals surface area contributed by atoms with Gasteiger partial charge in [-0.3, -0.25) is 4.79 Å². The van der Waals surface area contributed by atoms with E-state index in [1.807, 2.05) is 24.3 Å². The number of hydrogen-bond donors (Lipinski definition) is 2. The number of hydrogen-bond acceptors (Lipinski definition) is 3. The number of benzene rings is 1. The van der Waals surface area contributed by atoms with E-state index in [0.29, 0.717) is 18.4 Å². The van der Waals surface area contributed by atoms with E-state index in [4.69, 9.17) is 4.74 Å². The van der Waals surface area contributed by atoms with Gasteiger partial charge in [-0.25, -0.2) is 0 Å². The highest BCUT2D eigenvalue weighted by atomic mass is 16.5. The molecule has 0 aromatic heterocycles. The number of ether oxygens (including phenoxy) is 1. The van der Waals surface area contributed by atoms with Gasteiger partial charge < -0.3 is 15.4 Å². The second-order valence-electron chi connectivity index (χ2n) is 5.88. The van der Waals surface area contributed by atoms with Gasteiger partial charge in [0.05, 0.1) is 0 Å². The molecule has 4 nitrogen and oxygen atoms in total. The summed E-state index contributed by atoms with van der Waals surface area (Å²) in [7, 11) is 0. The van der Waals surface area contributed by atoms with Crippen LogP contribution in [-0.4, -0.2) is 32.1 Å².